The van der Waals surface area contributed by atoms with Gasteiger partial charge in [-0.1, -0.05) is 23.3 Å². The minimum absolute atomic E-state index is 0.329. The zero-order valence-corrected chi connectivity index (χ0v) is 7.95. The molecule has 0 N–H and O–H groups in total. The van der Waals surface area contributed by atoms with E-state index in [-0.39, 0.29) is 0 Å². The van der Waals surface area contributed by atoms with Crippen LogP contribution in [0.15, 0.2) is 23.3 Å². The Hall–Kier alpha value is -0.520. The fraction of sp³-hybridized carbons (Fsp3) is 0.615. The Labute approximate surface area is 79.7 Å². The van der Waals surface area contributed by atoms with Crippen LogP contribution in [0.4, 0.5) is 0 Å². The SMILES string of the molecule is C=C1C23[C]C14CCCC4=C2CCC3. The van der Waals surface area contributed by atoms with E-state index in [1.807, 2.05) is 0 Å². The molecule has 0 aromatic rings. The van der Waals surface area contributed by atoms with Gasteiger partial charge in [-0.3, -0.25) is 0 Å². The molecular formula is C13H14. The molecule has 0 aromatic carbocycles. The predicted molar refractivity (Wildman–Crippen MR) is 52.0 cm³/mol. The number of rotatable bonds is 0. The first kappa shape index (κ1) is 6.86. The highest BCUT2D eigenvalue weighted by molar-refractivity contribution is 5.67. The smallest absolute Gasteiger partial charge is 0.0211 e. The van der Waals surface area contributed by atoms with Crippen LogP contribution in [0.1, 0.15) is 38.5 Å². The molecule has 5 aliphatic carbocycles. The minimum atomic E-state index is 0.329. The molecule has 0 heterocycles. The van der Waals surface area contributed by atoms with Crippen LogP contribution < -0.4 is 0 Å². The summed E-state index contributed by atoms with van der Waals surface area (Å²) < 4.78 is 0. The molecule has 2 unspecified atom stereocenters. The van der Waals surface area contributed by atoms with Crippen molar-refractivity contribution in [1.29, 1.82) is 0 Å². The quantitative estimate of drug-likeness (QED) is 0.489. The lowest BCUT2D eigenvalue weighted by Gasteiger charge is -2.49. The zero-order valence-electron chi connectivity index (χ0n) is 7.95. The van der Waals surface area contributed by atoms with Gasteiger partial charge < -0.3 is 0 Å². The fourth-order valence-corrected chi connectivity index (χ4v) is 4.37. The normalized spacial score (nSPS) is 50.9. The highest BCUT2D eigenvalue weighted by atomic mass is 14.7. The van der Waals surface area contributed by atoms with Gasteiger partial charge in [0.2, 0.25) is 0 Å². The fourth-order valence-electron chi connectivity index (χ4n) is 4.37. The first-order valence-corrected chi connectivity index (χ1v) is 5.52. The van der Waals surface area contributed by atoms with Crippen molar-refractivity contribution in [3.8, 4) is 0 Å². The molecule has 0 aromatic heterocycles. The molecular weight excluding hydrogens is 156 g/mol. The van der Waals surface area contributed by atoms with Crippen LogP contribution in [0, 0.1) is 17.3 Å². The molecule has 0 aliphatic heterocycles. The van der Waals surface area contributed by atoms with Crippen LogP contribution in [-0.4, -0.2) is 0 Å². The second-order valence-electron chi connectivity index (χ2n) is 5.08. The summed E-state index contributed by atoms with van der Waals surface area (Å²) in [6, 6.07) is 0. The average molecular weight is 170 g/mol. The third kappa shape index (κ3) is 0.458. The molecule has 66 valence electrons. The van der Waals surface area contributed by atoms with E-state index >= 15 is 0 Å². The molecule has 5 aliphatic rings. The van der Waals surface area contributed by atoms with E-state index in [0.717, 1.165) is 0 Å². The van der Waals surface area contributed by atoms with Crippen LogP contribution in [0.25, 0.3) is 0 Å². The molecule has 2 radical (unpaired) electrons. The monoisotopic (exact) mass is 170 g/mol. The van der Waals surface area contributed by atoms with Gasteiger partial charge in [-0.2, -0.15) is 0 Å². The molecule has 3 fully saturated rings. The minimum Gasteiger partial charge on any atom is -0.0980 e. The maximum atomic E-state index is 4.35. The summed E-state index contributed by atoms with van der Waals surface area (Å²) in [6.45, 7) is 4.35. The molecule has 0 nitrogen and oxygen atoms in total. The first-order valence-electron chi connectivity index (χ1n) is 5.52. The van der Waals surface area contributed by atoms with Crippen LogP contribution in [0.5, 0.6) is 0 Å². The van der Waals surface area contributed by atoms with Crippen LogP contribution in [0.3, 0.4) is 0 Å². The summed E-state index contributed by atoms with van der Waals surface area (Å²) in [6.07, 6.45) is 11.9. The lowest BCUT2D eigenvalue weighted by atomic mass is 9.53. The van der Waals surface area contributed by atoms with E-state index in [1.165, 1.54) is 44.1 Å². The van der Waals surface area contributed by atoms with E-state index in [1.54, 1.807) is 11.1 Å². The standard InChI is InChI=1S/C13H14/c1-9-12-6-2-4-10(12)11-5-3-7-13(9,11)8-12/h1-7H2. The summed E-state index contributed by atoms with van der Waals surface area (Å²) in [4.78, 5) is 0. The topological polar surface area (TPSA) is 0 Å². The second kappa shape index (κ2) is 1.67. The molecule has 0 heteroatoms. The Morgan fingerprint density at radius 3 is 2.00 bits per heavy atom. The van der Waals surface area contributed by atoms with Gasteiger partial charge in [-0.25, -0.2) is 0 Å². The van der Waals surface area contributed by atoms with Gasteiger partial charge in [0.15, 0.2) is 0 Å². The third-order valence-electron chi connectivity index (χ3n) is 4.81. The maximum absolute atomic E-state index is 4.35. The van der Waals surface area contributed by atoms with E-state index < -0.39 is 0 Å². The Bertz CT molecular complexity index is 328. The molecule has 2 spiro atoms. The van der Waals surface area contributed by atoms with Crippen LogP contribution >= 0.6 is 0 Å². The summed E-state index contributed by atoms with van der Waals surface area (Å²) in [5.74, 6) is 0. The van der Waals surface area contributed by atoms with Crippen molar-refractivity contribution in [2.75, 3.05) is 0 Å². The molecule has 2 atom stereocenters. The molecule has 5 rings (SSSR count). The van der Waals surface area contributed by atoms with Gasteiger partial charge in [0.05, 0.1) is 0 Å². The highest BCUT2D eigenvalue weighted by Gasteiger charge is 2.70. The van der Waals surface area contributed by atoms with Crippen molar-refractivity contribution in [3.63, 3.8) is 0 Å². The molecule has 13 heavy (non-hydrogen) atoms. The Morgan fingerprint density at radius 1 is 1.00 bits per heavy atom. The van der Waals surface area contributed by atoms with Gasteiger partial charge >= 0.3 is 0 Å². The summed E-state index contributed by atoms with van der Waals surface area (Å²) >= 11 is 0. The zero-order chi connectivity index (χ0) is 8.68. The van der Waals surface area contributed by atoms with Crippen molar-refractivity contribution >= 4 is 0 Å². The lowest BCUT2D eigenvalue weighted by Crippen LogP contribution is -2.41. The van der Waals surface area contributed by atoms with Crippen molar-refractivity contribution in [2.24, 2.45) is 10.8 Å². The van der Waals surface area contributed by atoms with Crippen molar-refractivity contribution in [3.05, 3.63) is 29.7 Å². The summed E-state index contributed by atoms with van der Waals surface area (Å²) in [5.41, 5.74) is 5.70. The highest BCUT2D eigenvalue weighted by Crippen LogP contribution is 2.80. The van der Waals surface area contributed by atoms with E-state index in [4.69, 9.17) is 0 Å². The van der Waals surface area contributed by atoms with Gasteiger partial charge in [0.25, 0.3) is 0 Å². The number of hydrogen-bond acceptors (Lipinski definition) is 0. The summed E-state index contributed by atoms with van der Waals surface area (Å²) in [7, 11) is 0. The molecule has 0 amide bonds. The van der Waals surface area contributed by atoms with E-state index in [2.05, 4.69) is 13.0 Å². The van der Waals surface area contributed by atoms with Crippen molar-refractivity contribution in [2.45, 2.75) is 38.5 Å². The Morgan fingerprint density at radius 2 is 1.54 bits per heavy atom. The Kier molecular flexibility index (Phi) is 0.882. The molecule has 0 saturated heterocycles. The lowest BCUT2D eigenvalue weighted by molar-refractivity contribution is 0.287. The summed E-state index contributed by atoms with van der Waals surface area (Å²) in [5, 5.41) is 0. The number of allylic oxidation sites excluding steroid dienone is 3. The van der Waals surface area contributed by atoms with E-state index in [9.17, 15) is 0 Å². The average Bonchev–Trinajstić information content (AvgIpc) is 2.73. The largest absolute Gasteiger partial charge is 0.0980 e. The second-order valence-corrected chi connectivity index (χ2v) is 5.08. The Balaban J connectivity index is 2.02. The maximum Gasteiger partial charge on any atom is 0.0211 e. The predicted octanol–water partition coefficient (Wildman–Crippen LogP) is 3.29. The van der Waals surface area contributed by atoms with Crippen molar-refractivity contribution in [1.82, 2.24) is 0 Å². The van der Waals surface area contributed by atoms with Crippen LogP contribution in [0.2, 0.25) is 0 Å². The third-order valence-corrected chi connectivity index (χ3v) is 4.81. The van der Waals surface area contributed by atoms with Gasteiger partial charge in [-0.15, -0.1) is 0 Å². The van der Waals surface area contributed by atoms with Gasteiger partial charge in [0, 0.05) is 17.3 Å². The van der Waals surface area contributed by atoms with E-state index in [0.29, 0.717) is 10.8 Å². The van der Waals surface area contributed by atoms with Crippen molar-refractivity contribution < 1.29 is 0 Å². The molecule has 3 saturated carbocycles. The van der Waals surface area contributed by atoms with Gasteiger partial charge in [-0.05, 0) is 38.5 Å². The first-order chi connectivity index (χ1) is 6.30. The van der Waals surface area contributed by atoms with Crippen LogP contribution in [-0.2, 0) is 0 Å². The van der Waals surface area contributed by atoms with Gasteiger partial charge in [0.1, 0.15) is 0 Å². The number of hydrogen-bond donors (Lipinski definition) is 0. The molecule has 2 bridgehead atoms.